The monoisotopic (exact) mass is 330 g/mol. The molecule has 0 fully saturated rings. The average Bonchev–Trinajstić information content (AvgIpc) is 2.23. The van der Waals surface area contributed by atoms with E-state index in [0.29, 0.717) is 13.2 Å². The number of rotatable bonds is 8. The minimum absolute atomic E-state index is 0.212. The summed E-state index contributed by atoms with van der Waals surface area (Å²) in [5, 5.41) is 0.212. The smallest absolute Gasteiger partial charge is 0.247 e. The average molecular weight is 330 g/mol. The second-order valence-electron chi connectivity index (χ2n) is 4.50. The van der Waals surface area contributed by atoms with Gasteiger partial charge < -0.3 is 9.05 Å². The van der Waals surface area contributed by atoms with Gasteiger partial charge in [-0.05, 0) is 25.7 Å². The Morgan fingerprint density at radius 3 is 2.06 bits per heavy atom. The molecular weight excluding hydrogens is 307 g/mol. The number of carbonyl (C=O) groups excluding carboxylic acids is 1. The molecule has 0 amide bonds. The maximum Gasteiger partial charge on any atom is 0.247 e. The highest BCUT2D eigenvalue weighted by molar-refractivity contribution is 8.68. The Labute approximate surface area is 124 Å². The maximum atomic E-state index is 11.7. The first-order valence-corrected chi connectivity index (χ1v) is 11.2. The molecule has 0 unspecified atom stereocenters. The topological polar surface area (TPSA) is 35.5 Å². The molecule has 0 heterocycles. The lowest BCUT2D eigenvalue weighted by atomic mass is 10.00. The minimum atomic E-state index is -2.19. The number of hydrogen-bond acceptors (Lipinski definition) is 6. The summed E-state index contributed by atoms with van der Waals surface area (Å²) in [5.74, 6) is 1.53. The third-order valence-corrected chi connectivity index (χ3v) is 8.86. The van der Waals surface area contributed by atoms with Gasteiger partial charge in [0.15, 0.2) is 5.12 Å². The van der Waals surface area contributed by atoms with Crippen LogP contribution in [0.15, 0.2) is 0 Å². The predicted molar refractivity (Wildman–Crippen MR) is 86.9 cm³/mol. The Morgan fingerprint density at radius 2 is 1.67 bits per heavy atom. The third-order valence-electron chi connectivity index (χ3n) is 1.75. The van der Waals surface area contributed by atoms with E-state index in [4.69, 9.17) is 20.9 Å². The summed E-state index contributed by atoms with van der Waals surface area (Å²) in [5.41, 5.74) is -2.48. The molecule has 108 valence electrons. The minimum Gasteiger partial charge on any atom is -0.322 e. The van der Waals surface area contributed by atoms with Crippen LogP contribution in [0.2, 0.25) is 0 Å². The van der Waals surface area contributed by atoms with Crippen LogP contribution in [0.1, 0.15) is 34.6 Å². The zero-order valence-electron chi connectivity index (χ0n) is 11.7. The molecule has 0 saturated heterocycles. The van der Waals surface area contributed by atoms with Crippen molar-refractivity contribution in [3.05, 3.63) is 0 Å². The summed E-state index contributed by atoms with van der Waals surface area (Å²) in [6.07, 6.45) is 0. The van der Waals surface area contributed by atoms with Crippen LogP contribution in [0.25, 0.3) is 0 Å². The van der Waals surface area contributed by atoms with Crippen molar-refractivity contribution in [2.75, 3.05) is 24.7 Å². The van der Waals surface area contributed by atoms with Crippen LogP contribution in [-0.4, -0.2) is 29.8 Å². The van der Waals surface area contributed by atoms with Gasteiger partial charge in [-0.3, -0.25) is 4.79 Å². The third kappa shape index (κ3) is 8.18. The number of thioether (sulfide) groups is 1. The van der Waals surface area contributed by atoms with Gasteiger partial charge in [0.2, 0.25) is 5.69 Å². The molecule has 7 heteroatoms. The van der Waals surface area contributed by atoms with Gasteiger partial charge in [0, 0.05) is 16.9 Å². The fourth-order valence-corrected chi connectivity index (χ4v) is 6.98. The lowest BCUT2D eigenvalue weighted by Gasteiger charge is -2.20. The van der Waals surface area contributed by atoms with Crippen LogP contribution < -0.4 is 0 Å². The Balaban J connectivity index is 4.02. The zero-order valence-corrected chi connectivity index (χ0v) is 15.1. The largest absolute Gasteiger partial charge is 0.322 e. The summed E-state index contributed by atoms with van der Waals surface area (Å²) in [7, 11) is 0. The van der Waals surface area contributed by atoms with Gasteiger partial charge in [0.25, 0.3) is 0 Å². The molecule has 0 rings (SSSR count). The van der Waals surface area contributed by atoms with Crippen molar-refractivity contribution >= 4 is 45.8 Å². The van der Waals surface area contributed by atoms with Crippen LogP contribution in [-0.2, 0) is 25.6 Å². The first kappa shape index (κ1) is 18.9. The summed E-state index contributed by atoms with van der Waals surface area (Å²) in [6, 6.07) is 0. The van der Waals surface area contributed by atoms with Gasteiger partial charge in [0.1, 0.15) is 0 Å². The molecule has 0 N–H and O–H groups in total. The highest BCUT2D eigenvalue weighted by Gasteiger charge is 2.22. The molecule has 0 spiro atoms. The van der Waals surface area contributed by atoms with E-state index >= 15 is 0 Å². The second kappa shape index (κ2) is 8.98. The molecule has 0 radical (unpaired) electrons. The van der Waals surface area contributed by atoms with E-state index in [1.165, 1.54) is 23.1 Å². The maximum absolute atomic E-state index is 11.7. The molecule has 0 bridgehead atoms. The van der Waals surface area contributed by atoms with Gasteiger partial charge in [0.05, 0.1) is 13.2 Å². The Morgan fingerprint density at radius 1 is 1.17 bits per heavy atom. The van der Waals surface area contributed by atoms with Crippen molar-refractivity contribution < 1.29 is 13.8 Å². The van der Waals surface area contributed by atoms with Crippen molar-refractivity contribution in [3.8, 4) is 0 Å². The van der Waals surface area contributed by atoms with Gasteiger partial charge in [-0.15, -0.1) is 0 Å². The standard InChI is InChI=1S/C11H23O3PS3/c1-6-13-15(16,14-7-2)18-9-8-17-10(12)11(3,4)5/h6-9H2,1-5H3. The van der Waals surface area contributed by atoms with Crippen LogP contribution >= 0.6 is 28.8 Å². The molecule has 0 aromatic heterocycles. The van der Waals surface area contributed by atoms with E-state index in [1.54, 1.807) is 0 Å². The molecule has 0 saturated carbocycles. The first-order chi connectivity index (χ1) is 8.25. The normalized spacial score (nSPS) is 12.7. The molecular formula is C11H23O3PS3. The summed E-state index contributed by atoms with van der Waals surface area (Å²) in [4.78, 5) is 11.7. The summed E-state index contributed by atoms with van der Waals surface area (Å²) < 4.78 is 11.0. The fraction of sp³-hybridized carbons (Fsp3) is 0.909. The van der Waals surface area contributed by atoms with Crippen molar-refractivity contribution in [2.24, 2.45) is 5.41 Å². The SMILES string of the molecule is CCOP(=S)(OCC)SCCSC(=O)C(C)(C)C. The Kier molecular flexibility index (Phi) is 9.45. The van der Waals surface area contributed by atoms with Crippen molar-refractivity contribution in [1.82, 2.24) is 0 Å². The first-order valence-electron chi connectivity index (χ1n) is 5.96. The van der Waals surface area contributed by atoms with Crippen molar-refractivity contribution in [3.63, 3.8) is 0 Å². The Bertz CT molecular complexity index is 292. The summed E-state index contributed by atoms with van der Waals surface area (Å²) in [6.45, 7) is 10.8. The molecule has 18 heavy (non-hydrogen) atoms. The van der Waals surface area contributed by atoms with Crippen LogP contribution in [0.4, 0.5) is 0 Å². The molecule has 0 aliphatic rings. The van der Waals surface area contributed by atoms with Gasteiger partial charge >= 0.3 is 0 Å². The van der Waals surface area contributed by atoms with Gasteiger partial charge in [-0.2, -0.15) is 0 Å². The van der Waals surface area contributed by atoms with Crippen molar-refractivity contribution in [1.29, 1.82) is 0 Å². The lowest BCUT2D eigenvalue weighted by Crippen LogP contribution is -2.17. The molecule has 0 aliphatic carbocycles. The van der Waals surface area contributed by atoms with Crippen LogP contribution in [0.3, 0.4) is 0 Å². The highest BCUT2D eigenvalue weighted by Crippen LogP contribution is 2.60. The highest BCUT2D eigenvalue weighted by atomic mass is 32.9. The lowest BCUT2D eigenvalue weighted by molar-refractivity contribution is -0.117. The molecule has 0 aliphatic heterocycles. The van der Waals surface area contributed by atoms with E-state index < -0.39 is 5.69 Å². The van der Waals surface area contributed by atoms with Gasteiger partial charge in [-0.1, -0.05) is 43.9 Å². The Hall–Kier alpha value is 0.940. The predicted octanol–water partition coefficient (Wildman–Crippen LogP) is 4.32. The molecule has 0 atom stereocenters. The number of carbonyl (C=O) groups is 1. The van der Waals surface area contributed by atoms with Gasteiger partial charge in [-0.25, -0.2) is 0 Å². The van der Waals surface area contributed by atoms with Crippen molar-refractivity contribution in [2.45, 2.75) is 34.6 Å². The second-order valence-corrected chi connectivity index (χ2v) is 12.0. The number of hydrogen-bond donors (Lipinski definition) is 0. The van der Waals surface area contributed by atoms with E-state index in [9.17, 15) is 4.79 Å². The van der Waals surface area contributed by atoms with E-state index in [1.807, 2.05) is 34.6 Å². The van der Waals surface area contributed by atoms with E-state index in [2.05, 4.69) is 0 Å². The zero-order chi connectivity index (χ0) is 14.2. The molecule has 3 nitrogen and oxygen atoms in total. The summed E-state index contributed by atoms with van der Waals surface area (Å²) >= 11 is 8.28. The van der Waals surface area contributed by atoms with E-state index in [-0.39, 0.29) is 10.5 Å². The quantitative estimate of drug-likeness (QED) is 0.487. The molecule has 0 aromatic carbocycles. The van der Waals surface area contributed by atoms with E-state index in [0.717, 1.165) is 11.5 Å². The fourth-order valence-electron chi connectivity index (χ4n) is 0.928. The van der Waals surface area contributed by atoms with Crippen LogP contribution in [0.5, 0.6) is 0 Å². The van der Waals surface area contributed by atoms with Crippen LogP contribution in [0, 0.1) is 5.41 Å². The molecule has 0 aromatic rings.